The van der Waals surface area contributed by atoms with E-state index < -0.39 is 6.61 Å². The van der Waals surface area contributed by atoms with E-state index in [1.165, 1.54) is 6.07 Å². The summed E-state index contributed by atoms with van der Waals surface area (Å²) in [5, 5.41) is 0. The van der Waals surface area contributed by atoms with E-state index in [1.807, 2.05) is 0 Å². The minimum Gasteiger partial charge on any atom is -0.435 e. The lowest BCUT2D eigenvalue weighted by Crippen LogP contribution is -2.02. The van der Waals surface area contributed by atoms with Crippen LogP contribution in [0.15, 0.2) is 23.1 Å². The van der Waals surface area contributed by atoms with Crippen molar-refractivity contribution in [1.82, 2.24) is 0 Å². The Kier molecular flexibility index (Phi) is 5.19. The van der Waals surface area contributed by atoms with Gasteiger partial charge < -0.3 is 4.74 Å². The molecule has 0 aliphatic heterocycles. The predicted octanol–water partition coefficient (Wildman–Crippen LogP) is 3.75. The van der Waals surface area contributed by atoms with Crippen molar-refractivity contribution in [3.05, 3.63) is 23.8 Å². The van der Waals surface area contributed by atoms with Gasteiger partial charge in [0.1, 0.15) is 5.75 Å². The summed E-state index contributed by atoms with van der Waals surface area (Å²) in [6.45, 7) is -2.79. The molecule has 1 aromatic rings. The van der Waals surface area contributed by atoms with Crippen molar-refractivity contribution >= 4 is 24.2 Å². The molecule has 5 heteroatoms. The highest BCUT2D eigenvalue weighted by atomic mass is 35.5. The molecule has 0 aliphatic rings. The van der Waals surface area contributed by atoms with Crippen LogP contribution in [0, 0.1) is 0 Å². The third-order valence-corrected chi connectivity index (χ3v) is 2.56. The maximum absolute atomic E-state index is 11.9. The van der Waals surface area contributed by atoms with Gasteiger partial charge in [0.2, 0.25) is 0 Å². The molecule has 0 bridgehead atoms. The SMILES string of the molecule is FC(F)Oc1ccc(S)c(CCCCl)c1. The summed E-state index contributed by atoms with van der Waals surface area (Å²) in [6.07, 6.45) is 1.50. The molecule has 1 rings (SSSR count). The van der Waals surface area contributed by atoms with E-state index in [1.54, 1.807) is 12.1 Å². The van der Waals surface area contributed by atoms with E-state index in [0.717, 1.165) is 16.9 Å². The fraction of sp³-hybridized carbons (Fsp3) is 0.400. The van der Waals surface area contributed by atoms with E-state index in [9.17, 15) is 8.78 Å². The average Bonchev–Trinajstić information content (AvgIpc) is 2.18. The molecular formula is C10H11ClF2OS. The van der Waals surface area contributed by atoms with Gasteiger partial charge >= 0.3 is 6.61 Å². The molecule has 0 amide bonds. The second-order valence-corrected chi connectivity index (χ2v) is 3.82. The zero-order valence-corrected chi connectivity index (χ0v) is 9.57. The van der Waals surface area contributed by atoms with Crippen LogP contribution in [0.4, 0.5) is 8.78 Å². The lowest BCUT2D eigenvalue weighted by molar-refractivity contribution is -0.0499. The Morgan fingerprint density at radius 1 is 1.40 bits per heavy atom. The van der Waals surface area contributed by atoms with Gasteiger partial charge in [0.15, 0.2) is 0 Å². The van der Waals surface area contributed by atoms with Gasteiger partial charge in [0, 0.05) is 10.8 Å². The first-order chi connectivity index (χ1) is 7.13. The molecule has 0 aliphatic carbocycles. The second kappa shape index (κ2) is 6.18. The van der Waals surface area contributed by atoms with Crippen molar-refractivity contribution in [3.8, 4) is 5.75 Å². The van der Waals surface area contributed by atoms with Crippen LogP contribution < -0.4 is 4.74 Å². The maximum Gasteiger partial charge on any atom is 0.387 e. The zero-order valence-electron chi connectivity index (χ0n) is 7.92. The van der Waals surface area contributed by atoms with E-state index in [2.05, 4.69) is 17.4 Å². The second-order valence-electron chi connectivity index (χ2n) is 2.96. The Balaban J connectivity index is 2.75. The normalized spacial score (nSPS) is 10.7. The first-order valence-electron chi connectivity index (χ1n) is 4.46. The highest BCUT2D eigenvalue weighted by molar-refractivity contribution is 7.80. The Morgan fingerprint density at radius 2 is 2.13 bits per heavy atom. The summed E-state index contributed by atoms with van der Waals surface area (Å²) in [5.74, 6) is 0.694. The number of hydrogen-bond acceptors (Lipinski definition) is 2. The Labute approximate surface area is 97.8 Å². The summed E-state index contributed by atoms with van der Waals surface area (Å²) in [6, 6.07) is 4.68. The summed E-state index contributed by atoms with van der Waals surface area (Å²) in [5.41, 5.74) is 0.872. The standard InChI is InChI=1S/C10H11ClF2OS/c11-5-1-2-7-6-8(14-10(12)13)3-4-9(7)15/h3-4,6,10,15H,1-2,5H2. The summed E-state index contributed by atoms with van der Waals surface area (Å²) in [4.78, 5) is 0.765. The number of hydrogen-bond donors (Lipinski definition) is 1. The van der Waals surface area contributed by atoms with Crippen LogP contribution in [0.1, 0.15) is 12.0 Å². The van der Waals surface area contributed by atoms with E-state index in [0.29, 0.717) is 12.3 Å². The van der Waals surface area contributed by atoms with Crippen LogP contribution in [-0.4, -0.2) is 12.5 Å². The minimum absolute atomic E-state index is 0.160. The van der Waals surface area contributed by atoms with Gasteiger partial charge in [-0.15, -0.1) is 24.2 Å². The topological polar surface area (TPSA) is 9.23 Å². The molecule has 0 heterocycles. The van der Waals surface area contributed by atoms with Crippen LogP contribution in [0.2, 0.25) is 0 Å². The van der Waals surface area contributed by atoms with Crippen LogP contribution >= 0.6 is 24.2 Å². The monoisotopic (exact) mass is 252 g/mol. The molecule has 84 valence electrons. The lowest BCUT2D eigenvalue weighted by atomic mass is 10.1. The molecular weight excluding hydrogens is 242 g/mol. The van der Waals surface area contributed by atoms with E-state index >= 15 is 0 Å². The number of rotatable bonds is 5. The molecule has 15 heavy (non-hydrogen) atoms. The third kappa shape index (κ3) is 4.26. The molecule has 0 saturated carbocycles. The number of thiol groups is 1. The highest BCUT2D eigenvalue weighted by Crippen LogP contribution is 2.23. The summed E-state index contributed by atoms with van der Waals surface area (Å²) < 4.78 is 28.2. The van der Waals surface area contributed by atoms with Gasteiger partial charge in [-0.3, -0.25) is 0 Å². The molecule has 0 spiro atoms. The molecule has 0 atom stereocenters. The maximum atomic E-state index is 11.9. The molecule has 1 nitrogen and oxygen atoms in total. The summed E-state index contributed by atoms with van der Waals surface area (Å²) >= 11 is 9.77. The molecule has 0 saturated heterocycles. The van der Waals surface area contributed by atoms with Crippen LogP contribution in [0.25, 0.3) is 0 Å². The van der Waals surface area contributed by atoms with Gasteiger partial charge in [-0.1, -0.05) is 0 Å². The van der Waals surface area contributed by atoms with Crippen molar-refractivity contribution in [2.75, 3.05) is 5.88 Å². The quantitative estimate of drug-likeness (QED) is 0.620. The van der Waals surface area contributed by atoms with E-state index in [4.69, 9.17) is 11.6 Å². The fourth-order valence-corrected chi connectivity index (χ4v) is 1.58. The number of benzene rings is 1. The van der Waals surface area contributed by atoms with Crippen molar-refractivity contribution in [2.24, 2.45) is 0 Å². The molecule has 0 unspecified atom stereocenters. The molecule has 0 aromatic heterocycles. The third-order valence-electron chi connectivity index (χ3n) is 1.86. The van der Waals surface area contributed by atoms with Crippen LogP contribution in [-0.2, 0) is 6.42 Å². The Hall–Kier alpha value is -0.480. The van der Waals surface area contributed by atoms with Gasteiger partial charge in [-0.05, 0) is 36.6 Å². The van der Waals surface area contributed by atoms with Crippen molar-refractivity contribution in [3.63, 3.8) is 0 Å². The Bertz CT molecular complexity index is 320. The van der Waals surface area contributed by atoms with Crippen molar-refractivity contribution < 1.29 is 13.5 Å². The molecule has 0 N–H and O–H groups in total. The minimum atomic E-state index is -2.79. The first-order valence-corrected chi connectivity index (χ1v) is 5.44. The van der Waals surface area contributed by atoms with Crippen molar-refractivity contribution in [2.45, 2.75) is 24.3 Å². The average molecular weight is 253 g/mol. The lowest BCUT2D eigenvalue weighted by Gasteiger charge is -2.08. The van der Waals surface area contributed by atoms with Gasteiger partial charge in [-0.25, -0.2) is 0 Å². The summed E-state index contributed by atoms with van der Waals surface area (Å²) in [7, 11) is 0. The predicted molar refractivity (Wildman–Crippen MR) is 59.4 cm³/mol. The van der Waals surface area contributed by atoms with Crippen molar-refractivity contribution in [1.29, 1.82) is 0 Å². The highest BCUT2D eigenvalue weighted by Gasteiger charge is 2.06. The van der Waals surface area contributed by atoms with Gasteiger partial charge in [0.05, 0.1) is 0 Å². The smallest absolute Gasteiger partial charge is 0.387 e. The van der Waals surface area contributed by atoms with Crippen LogP contribution in [0.3, 0.4) is 0 Å². The molecule has 0 fully saturated rings. The number of ether oxygens (including phenoxy) is 1. The van der Waals surface area contributed by atoms with Gasteiger partial charge in [-0.2, -0.15) is 8.78 Å². The molecule has 0 radical (unpaired) electrons. The van der Waals surface area contributed by atoms with E-state index in [-0.39, 0.29) is 5.75 Å². The fourth-order valence-electron chi connectivity index (χ4n) is 1.20. The van der Waals surface area contributed by atoms with Gasteiger partial charge in [0.25, 0.3) is 0 Å². The number of halogens is 3. The van der Waals surface area contributed by atoms with Crippen LogP contribution in [0.5, 0.6) is 5.75 Å². The molecule has 1 aromatic carbocycles. The number of aryl methyl sites for hydroxylation is 1. The number of alkyl halides is 3. The zero-order chi connectivity index (χ0) is 11.3. The Morgan fingerprint density at radius 3 is 2.73 bits per heavy atom. The first kappa shape index (κ1) is 12.6. The largest absolute Gasteiger partial charge is 0.435 e.